The van der Waals surface area contributed by atoms with Crippen LogP contribution in [-0.4, -0.2) is 24.6 Å². The van der Waals surface area contributed by atoms with Crippen LogP contribution in [0.1, 0.15) is 19.3 Å². The maximum absolute atomic E-state index is 11.4. The molecule has 1 aromatic rings. The zero-order valence-electron chi connectivity index (χ0n) is 9.85. The molecule has 0 aliphatic rings. The smallest absolute Gasteiger partial charge is 0.305 e. The molecule has 0 fully saturated rings. The number of carbonyl (C=O) groups excluding carboxylic acids is 2. The Hall–Kier alpha value is -1.29. The average molecular weight is 252 g/mol. The van der Waals surface area contributed by atoms with Gasteiger partial charge in [-0.25, -0.2) is 0 Å². The topological polar surface area (TPSA) is 43.4 Å². The van der Waals surface area contributed by atoms with Crippen LogP contribution in [-0.2, 0) is 14.3 Å². The summed E-state index contributed by atoms with van der Waals surface area (Å²) >= 11 is 1.65. The van der Waals surface area contributed by atoms with Crippen molar-refractivity contribution in [2.24, 2.45) is 0 Å². The summed E-state index contributed by atoms with van der Waals surface area (Å²) in [6, 6.07) is 9.95. The van der Waals surface area contributed by atoms with Gasteiger partial charge in [-0.15, -0.1) is 11.8 Å². The summed E-state index contributed by atoms with van der Waals surface area (Å²) in [4.78, 5) is 23.4. The highest BCUT2D eigenvalue weighted by Crippen LogP contribution is 2.18. The number of thioether (sulfide) groups is 1. The Morgan fingerprint density at radius 1 is 1.12 bits per heavy atom. The number of rotatable bonds is 7. The molecule has 0 aliphatic heterocycles. The first-order valence-corrected chi connectivity index (χ1v) is 6.47. The number of carbonyl (C=O) groups is 2. The monoisotopic (exact) mass is 252 g/mol. The van der Waals surface area contributed by atoms with Gasteiger partial charge in [0.1, 0.15) is 5.78 Å². The van der Waals surface area contributed by atoms with Gasteiger partial charge in [0.05, 0.1) is 13.5 Å². The Morgan fingerprint density at radius 2 is 1.82 bits per heavy atom. The van der Waals surface area contributed by atoms with Crippen molar-refractivity contribution in [3.05, 3.63) is 30.3 Å². The number of Topliss-reactive ketones (excluding diaryl/α,β-unsaturated/α-hetero) is 1. The van der Waals surface area contributed by atoms with Gasteiger partial charge in [-0.2, -0.15) is 0 Å². The zero-order valence-corrected chi connectivity index (χ0v) is 10.7. The highest BCUT2D eigenvalue weighted by atomic mass is 32.2. The number of ketones is 1. The van der Waals surface area contributed by atoms with Gasteiger partial charge in [0, 0.05) is 23.5 Å². The van der Waals surface area contributed by atoms with Gasteiger partial charge >= 0.3 is 5.97 Å². The van der Waals surface area contributed by atoms with Crippen molar-refractivity contribution >= 4 is 23.5 Å². The van der Waals surface area contributed by atoms with E-state index in [2.05, 4.69) is 4.74 Å². The molecule has 0 aromatic heterocycles. The molecule has 0 aliphatic carbocycles. The normalized spacial score (nSPS) is 9.94. The van der Waals surface area contributed by atoms with Crippen LogP contribution in [0.4, 0.5) is 0 Å². The molecule has 0 atom stereocenters. The summed E-state index contributed by atoms with van der Waals surface area (Å²) in [7, 11) is 1.33. The van der Waals surface area contributed by atoms with Crippen molar-refractivity contribution in [3.63, 3.8) is 0 Å². The Bertz CT molecular complexity index is 362. The Labute approximate surface area is 106 Å². The van der Waals surface area contributed by atoms with Crippen molar-refractivity contribution < 1.29 is 14.3 Å². The largest absolute Gasteiger partial charge is 0.469 e. The van der Waals surface area contributed by atoms with E-state index in [0.29, 0.717) is 6.42 Å². The molecule has 0 unspecified atom stereocenters. The van der Waals surface area contributed by atoms with Crippen LogP contribution in [0.15, 0.2) is 35.2 Å². The van der Waals surface area contributed by atoms with Gasteiger partial charge in [-0.05, 0) is 12.1 Å². The number of methoxy groups -OCH3 is 1. The van der Waals surface area contributed by atoms with Gasteiger partial charge in [-0.3, -0.25) is 9.59 Å². The molecule has 0 spiro atoms. The molecule has 0 radical (unpaired) electrons. The lowest BCUT2D eigenvalue weighted by atomic mass is 10.2. The maximum atomic E-state index is 11.4. The Morgan fingerprint density at radius 3 is 2.47 bits per heavy atom. The fourth-order valence-electron chi connectivity index (χ4n) is 1.27. The van der Waals surface area contributed by atoms with E-state index in [-0.39, 0.29) is 24.6 Å². The molecule has 0 saturated heterocycles. The molecule has 0 amide bonds. The predicted molar refractivity (Wildman–Crippen MR) is 68.0 cm³/mol. The van der Waals surface area contributed by atoms with E-state index in [0.717, 1.165) is 10.6 Å². The number of hydrogen-bond acceptors (Lipinski definition) is 4. The van der Waals surface area contributed by atoms with E-state index in [1.54, 1.807) is 11.8 Å². The molecule has 0 N–H and O–H groups in total. The minimum absolute atomic E-state index is 0.110. The van der Waals surface area contributed by atoms with E-state index in [1.807, 2.05) is 30.3 Å². The first kappa shape index (κ1) is 13.8. The van der Waals surface area contributed by atoms with E-state index in [1.165, 1.54) is 7.11 Å². The molecule has 17 heavy (non-hydrogen) atoms. The molecule has 0 saturated carbocycles. The SMILES string of the molecule is COC(=O)CCC(=O)CCSc1ccccc1. The van der Waals surface area contributed by atoms with Crippen LogP contribution in [0.25, 0.3) is 0 Å². The lowest BCUT2D eigenvalue weighted by Gasteiger charge is -2.01. The second-order valence-electron chi connectivity index (χ2n) is 3.53. The Kier molecular flexibility index (Phi) is 6.40. The van der Waals surface area contributed by atoms with Crippen LogP contribution >= 0.6 is 11.8 Å². The molecule has 92 valence electrons. The number of benzene rings is 1. The van der Waals surface area contributed by atoms with Crippen LogP contribution < -0.4 is 0 Å². The van der Waals surface area contributed by atoms with Crippen molar-refractivity contribution in [1.29, 1.82) is 0 Å². The minimum Gasteiger partial charge on any atom is -0.469 e. The second-order valence-corrected chi connectivity index (χ2v) is 4.69. The molecule has 3 nitrogen and oxygen atoms in total. The lowest BCUT2D eigenvalue weighted by Crippen LogP contribution is -2.06. The first-order chi connectivity index (χ1) is 8.22. The predicted octanol–water partition coefficient (Wildman–Crippen LogP) is 2.69. The highest BCUT2D eigenvalue weighted by molar-refractivity contribution is 7.99. The van der Waals surface area contributed by atoms with Crippen LogP contribution in [0, 0.1) is 0 Å². The molecule has 4 heteroatoms. The summed E-state index contributed by atoms with van der Waals surface area (Å²) in [5, 5.41) is 0. The van der Waals surface area contributed by atoms with Crippen LogP contribution in [0.5, 0.6) is 0 Å². The number of ether oxygens (including phenoxy) is 1. The lowest BCUT2D eigenvalue weighted by molar-refractivity contribution is -0.141. The standard InChI is InChI=1S/C13H16O3S/c1-16-13(15)8-7-11(14)9-10-17-12-5-3-2-4-6-12/h2-6H,7-10H2,1H3. The third-order valence-corrected chi connectivity index (χ3v) is 3.24. The quantitative estimate of drug-likeness (QED) is 0.553. The van der Waals surface area contributed by atoms with Gasteiger partial charge in [0.2, 0.25) is 0 Å². The van der Waals surface area contributed by atoms with Gasteiger partial charge in [0.25, 0.3) is 0 Å². The Balaban J connectivity index is 2.14. The molecule has 1 rings (SSSR count). The van der Waals surface area contributed by atoms with E-state index in [4.69, 9.17) is 0 Å². The van der Waals surface area contributed by atoms with E-state index < -0.39 is 0 Å². The second kappa shape index (κ2) is 7.90. The molecule has 0 heterocycles. The summed E-state index contributed by atoms with van der Waals surface area (Å²) in [5.74, 6) is 0.539. The van der Waals surface area contributed by atoms with E-state index in [9.17, 15) is 9.59 Å². The van der Waals surface area contributed by atoms with E-state index >= 15 is 0 Å². The number of esters is 1. The maximum Gasteiger partial charge on any atom is 0.305 e. The van der Waals surface area contributed by atoms with Gasteiger partial charge in [-0.1, -0.05) is 18.2 Å². The highest BCUT2D eigenvalue weighted by Gasteiger charge is 2.06. The summed E-state index contributed by atoms with van der Waals surface area (Å²) in [6.07, 6.45) is 0.962. The van der Waals surface area contributed by atoms with Gasteiger partial charge < -0.3 is 4.74 Å². The third-order valence-electron chi connectivity index (χ3n) is 2.23. The van der Waals surface area contributed by atoms with Crippen LogP contribution in [0.3, 0.4) is 0 Å². The molecule has 0 bridgehead atoms. The summed E-state index contributed by atoms with van der Waals surface area (Å²) < 4.78 is 4.48. The van der Waals surface area contributed by atoms with Crippen molar-refractivity contribution in [3.8, 4) is 0 Å². The van der Waals surface area contributed by atoms with Crippen molar-refractivity contribution in [2.45, 2.75) is 24.2 Å². The average Bonchev–Trinajstić information content (AvgIpc) is 2.37. The fraction of sp³-hybridized carbons (Fsp3) is 0.385. The molecular weight excluding hydrogens is 236 g/mol. The summed E-state index contributed by atoms with van der Waals surface area (Å²) in [6.45, 7) is 0. The van der Waals surface area contributed by atoms with Crippen LogP contribution in [0.2, 0.25) is 0 Å². The third kappa shape index (κ3) is 6.12. The zero-order chi connectivity index (χ0) is 12.5. The summed E-state index contributed by atoms with van der Waals surface area (Å²) in [5.41, 5.74) is 0. The van der Waals surface area contributed by atoms with Gasteiger partial charge in [0.15, 0.2) is 0 Å². The molecule has 1 aromatic carbocycles. The number of hydrogen-bond donors (Lipinski definition) is 0. The fourth-order valence-corrected chi connectivity index (χ4v) is 2.18. The molecular formula is C13H16O3S. The first-order valence-electron chi connectivity index (χ1n) is 5.48. The van der Waals surface area contributed by atoms with Crippen molar-refractivity contribution in [2.75, 3.05) is 12.9 Å². The minimum atomic E-state index is -0.325. The van der Waals surface area contributed by atoms with Crippen molar-refractivity contribution in [1.82, 2.24) is 0 Å².